The van der Waals surface area contributed by atoms with E-state index in [0.29, 0.717) is 5.92 Å². The number of aryl methyl sites for hydroxylation is 2. The van der Waals surface area contributed by atoms with Crippen molar-refractivity contribution < 1.29 is 9.84 Å². The highest BCUT2D eigenvalue weighted by atomic mass is 35.5. The predicted octanol–water partition coefficient (Wildman–Crippen LogP) is 4.12. The Morgan fingerprint density at radius 2 is 1.90 bits per heavy atom. The van der Waals surface area contributed by atoms with Gasteiger partial charge in [-0.3, -0.25) is 0 Å². The molecule has 2 aromatic rings. The van der Waals surface area contributed by atoms with E-state index < -0.39 is 0 Å². The number of halogens is 1. The summed E-state index contributed by atoms with van der Waals surface area (Å²) in [6, 6.07) is 5.44. The van der Waals surface area contributed by atoms with Gasteiger partial charge in [-0.2, -0.15) is 0 Å². The molecule has 0 radical (unpaired) electrons. The molecule has 0 unspecified atom stereocenters. The lowest BCUT2D eigenvalue weighted by molar-refractivity contribution is 0.387. The SMILES string of the molecule is Cc1ccc(C)c(C2CC2)c1Oc1nnc(Cl)cc1O. The molecule has 0 saturated heterocycles. The summed E-state index contributed by atoms with van der Waals surface area (Å²) >= 11 is 5.68. The van der Waals surface area contributed by atoms with Gasteiger partial charge in [-0.05, 0) is 43.7 Å². The van der Waals surface area contributed by atoms with Crippen molar-refractivity contribution in [1.29, 1.82) is 0 Å². The first kappa shape index (κ1) is 13.2. The average Bonchev–Trinajstić information content (AvgIpc) is 3.21. The van der Waals surface area contributed by atoms with Crippen LogP contribution in [0.5, 0.6) is 17.4 Å². The van der Waals surface area contributed by atoms with Gasteiger partial charge in [0.25, 0.3) is 5.88 Å². The minimum atomic E-state index is -0.104. The molecule has 0 atom stereocenters. The Balaban J connectivity index is 2.03. The molecule has 0 spiro atoms. The topological polar surface area (TPSA) is 55.2 Å². The fourth-order valence-corrected chi connectivity index (χ4v) is 2.48. The van der Waals surface area contributed by atoms with Crippen LogP contribution in [0.4, 0.5) is 0 Å². The summed E-state index contributed by atoms with van der Waals surface area (Å²) in [5, 5.41) is 17.5. The van der Waals surface area contributed by atoms with Gasteiger partial charge in [0.15, 0.2) is 10.9 Å². The lowest BCUT2D eigenvalue weighted by Gasteiger charge is -2.15. The zero-order valence-corrected chi connectivity index (χ0v) is 12.1. The average molecular weight is 291 g/mol. The zero-order valence-electron chi connectivity index (χ0n) is 11.4. The van der Waals surface area contributed by atoms with E-state index in [1.807, 2.05) is 13.0 Å². The van der Waals surface area contributed by atoms with Gasteiger partial charge in [0.05, 0.1) is 0 Å². The molecular weight excluding hydrogens is 276 g/mol. The quantitative estimate of drug-likeness (QED) is 0.924. The third kappa shape index (κ3) is 2.43. The summed E-state index contributed by atoms with van der Waals surface area (Å²) in [5.41, 5.74) is 3.43. The molecule has 5 heteroatoms. The Morgan fingerprint density at radius 1 is 1.20 bits per heavy atom. The van der Waals surface area contributed by atoms with Gasteiger partial charge >= 0.3 is 0 Å². The number of aromatic nitrogens is 2. The van der Waals surface area contributed by atoms with E-state index >= 15 is 0 Å². The number of hydrogen-bond acceptors (Lipinski definition) is 4. The van der Waals surface area contributed by atoms with E-state index in [9.17, 15) is 5.11 Å². The number of ether oxygens (including phenoxy) is 1. The number of benzene rings is 1. The molecule has 1 aromatic carbocycles. The maximum Gasteiger partial charge on any atom is 0.281 e. The highest BCUT2D eigenvalue weighted by molar-refractivity contribution is 6.29. The molecule has 1 N–H and O–H groups in total. The van der Waals surface area contributed by atoms with Gasteiger partial charge in [-0.15, -0.1) is 10.2 Å². The highest BCUT2D eigenvalue weighted by Gasteiger charge is 2.30. The third-order valence-corrected chi connectivity index (χ3v) is 3.69. The minimum Gasteiger partial charge on any atom is -0.503 e. The predicted molar refractivity (Wildman–Crippen MR) is 76.7 cm³/mol. The van der Waals surface area contributed by atoms with Crippen LogP contribution >= 0.6 is 11.6 Å². The second-order valence-corrected chi connectivity index (χ2v) is 5.56. The van der Waals surface area contributed by atoms with Crippen molar-refractivity contribution in [2.24, 2.45) is 0 Å². The maximum absolute atomic E-state index is 9.85. The van der Waals surface area contributed by atoms with Crippen LogP contribution in [-0.4, -0.2) is 15.3 Å². The van der Waals surface area contributed by atoms with Crippen LogP contribution in [0.3, 0.4) is 0 Å². The Kier molecular flexibility index (Phi) is 3.26. The van der Waals surface area contributed by atoms with Crippen LogP contribution in [0.15, 0.2) is 18.2 Å². The molecule has 1 aliphatic carbocycles. The molecule has 0 bridgehead atoms. The summed E-state index contributed by atoms with van der Waals surface area (Å²) in [5.74, 6) is 1.31. The molecule has 1 saturated carbocycles. The van der Waals surface area contributed by atoms with Crippen LogP contribution < -0.4 is 4.74 Å². The number of aromatic hydroxyl groups is 1. The second-order valence-electron chi connectivity index (χ2n) is 5.18. The van der Waals surface area contributed by atoms with Crippen LogP contribution in [0.1, 0.15) is 35.4 Å². The van der Waals surface area contributed by atoms with E-state index in [-0.39, 0.29) is 16.8 Å². The van der Waals surface area contributed by atoms with Crippen molar-refractivity contribution in [2.45, 2.75) is 32.6 Å². The Morgan fingerprint density at radius 3 is 2.55 bits per heavy atom. The van der Waals surface area contributed by atoms with Crippen molar-refractivity contribution in [2.75, 3.05) is 0 Å². The van der Waals surface area contributed by atoms with E-state index in [2.05, 4.69) is 23.2 Å². The second kappa shape index (κ2) is 4.94. The van der Waals surface area contributed by atoms with E-state index in [1.54, 1.807) is 0 Å². The molecule has 4 nitrogen and oxygen atoms in total. The van der Waals surface area contributed by atoms with E-state index in [1.165, 1.54) is 30.0 Å². The standard InChI is InChI=1S/C15H15ClN2O2/c1-8-3-4-9(2)14(13(8)10-5-6-10)20-15-11(19)7-12(16)17-18-15/h3-4,7,10H,5-6H2,1-2H3,(H,17,19). The first-order chi connectivity index (χ1) is 9.56. The largest absolute Gasteiger partial charge is 0.503 e. The lowest BCUT2D eigenvalue weighted by atomic mass is 10.00. The van der Waals surface area contributed by atoms with Gasteiger partial charge < -0.3 is 9.84 Å². The number of nitrogens with zero attached hydrogens (tertiary/aromatic N) is 2. The van der Waals surface area contributed by atoms with Crippen molar-refractivity contribution in [3.63, 3.8) is 0 Å². The van der Waals surface area contributed by atoms with Crippen LogP contribution in [-0.2, 0) is 0 Å². The molecule has 1 fully saturated rings. The Hall–Kier alpha value is -1.81. The lowest BCUT2D eigenvalue weighted by Crippen LogP contribution is -1.99. The Bertz CT molecular complexity index is 669. The summed E-state index contributed by atoms with van der Waals surface area (Å²) in [6.45, 7) is 4.06. The summed E-state index contributed by atoms with van der Waals surface area (Å²) in [4.78, 5) is 0. The maximum atomic E-state index is 9.85. The molecule has 3 rings (SSSR count). The molecule has 20 heavy (non-hydrogen) atoms. The molecule has 1 aliphatic rings. The van der Waals surface area contributed by atoms with Gasteiger partial charge in [-0.25, -0.2) is 0 Å². The van der Waals surface area contributed by atoms with E-state index in [0.717, 1.165) is 11.3 Å². The van der Waals surface area contributed by atoms with Crippen molar-refractivity contribution >= 4 is 11.6 Å². The third-order valence-electron chi connectivity index (χ3n) is 3.51. The molecule has 0 amide bonds. The summed E-state index contributed by atoms with van der Waals surface area (Å²) < 4.78 is 5.83. The smallest absolute Gasteiger partial charge is 0.281 e. The van der Waals surface area contributed by atoms with Gasteiger partial charge in [0.1, 0.15) is 5.75 Å². The number of rotatable bonds is 3. The van der Waals surface area contributed by atoms with Gasteiger partial charge in [-0.1, -0.05) is 23.7 Å². The number of hydrogen-bond donors (Lipinski definition) is 1. The van der Waals surface area contributed by atoms with E-state index in [4.69, 9.17) is 16.3 Å². The molecule has 104 valence electrons. The summed E-state index contributed by atoms with van der Waals surface area (Å²) in [6.07, 6.45) is 2.36. The van der Waals surface area contributed by atoms with Gasteiger partial charge in [0.2, 0.25) is 0 Å². The van der Waals surface area contributed by atoms with Crippen LogP contribution in [0.2, 0.25) is 5.15 Å². The highest BCUT2D eigenvalue weighted by Crippen LogP contribution is 2.48. The minimum absolute atomic E-state index is 0.0880. The molecular formula is C15H15ClN2O2. The fourth-order valence-electron chi connectivity index (χ4n) is 2.34. The van der Waals surface area contributed by atoms with Crippen molar-refractivity contribution in [3.05, 3.63) is 40.0 Å². The van der Waals surface area contributed by atoms with Crippen molar-refractivity contribution in [3.8, 4) is 17.4 Å². The Labute approximate surface area is 122 Å². The first-order valence-electron chi connectivity index (χ1n) is 6.56. The molecule has 1 heterocycles. The van der Waals surface area contributed by atoms with Crippen LogP contribution in [0, 0.1) is 13.8 Å². The first-order valence-corrected chi connectivity index (χ1v) is 6.94. The summed E-state index contributed by atoms with van der Waals surface area (Å²) in [7, 11) is 0. The van der Waals surface area contributed by atoms with Crippen LogP contribution in [0.25, 0.3) is 0 Å². The fraction of sp³-hybridized carbons (Fsp3) is 0.333. The normalized spacial score (nSPS) is 14.3. The molecule has 1 aromatic heterocycles. The van der Waals surface area contributed by atoms with Gasteiger partial charge in [0, 0.05) is 11.6 Å². The monoisotopic (exact) mass is 290 g/mol. The zero-order chi connectivity index (χ0) is 14.3. The molecule has 0 aliphatic heterocycles. The van der Waals surface area contributed by atoms with Crippen molar-refractivity contribution in [1.82, 2.24) is 10.2 Å².